The Morgan fingerprint density at radius 3 is 1.65 bits per heavy atom. The molecule has 0 saturated carbocycles. The summed E-state index contributed by atoms with van der Waals surface area (Å²) in [5, 5.41) is 0. The second kappa shape index (κ2) is 21.8. The third kappa shape index (κ3) is 13.1. The van der Waals surface area contributed by atoms with E-state index < -0.39 is 35.2 Å². The monoisotopic (exact) mass is 814 g/mol. The van der Waals surface area contributed by atoms with Crippen molar-refractivity contribution in [3.63, 3.8) is 0 Å². The van der Waals surface area contributed by atoms with Gasteiger partial charge in [0.15, 0.2) is 0 Å². The van der Waals surface area contributed by atoms with Crippen LogP contribution >= 0.6 is 0 Å². The molecule has 5 aromatic carbocycles. The average Bonchev–Trinajstić information content (AvgIpc) is 3.28. The van der Waals surface area contributed by atoms with E-state index in [9.17, 15) is 19.2 Å². The number of methoxy groups -OCH3 is 2. The summed E-state index contributed by atoms with van der Waals surface area (Å²) >= 11 is 0. The molecule has 0 heterocycles. The fourth-order valence-electron chi connectivity index (χ4n) is 6.03. The molecule has 0 aliphatic rings. The third-order valence-corrected chi connectivity index (χ3v) is 9.84. The fraction of sp³-hybridized carbons (Fsp3) is 0.265. The Labute approximate surface area is 350 Å². The van der Waals surface area contributed by atoms with Gasteiger partial charge in [-0.05, 0) is 140 Å². The number of rotatable bonds is 20. The van der Waals surface area contributed by atoms with Crippen LogP contribution in [0.25, 0.3) is 17.2 Å². The zero-order valence-electron chi connectivity index (χ0n) is 34.5. The van der Waals surface area contributed by atoms with E-state index in [2.05, 4.69) is 0 Å². The molecule has 11 heteroatoms. The minimum absolute atomic E-state index is 0.208. The zero-order valence-corrected chi connectivity index (χ0v) is 34.5. The Kier molecular flexibility index (Phi) is 16.0. The Bertz CT molecular complexity index is 2190. The highest BCUT2D eigenvalue weighted by Crippen LogP contribution is 2.33. The van der Waals surface area contributed by atoms with Crippen LogP contribution in [0, 0.1) is 11.3 Å². The molecule has 312 valence electrons. The summed E-state index contributed by atoms with van der Waals surface area (Å²) in [6, 6.07) is 35.1. The predicted octanol–water partition coefficient (Wildman–Crippen LogP) is 9.96. The minimum Gasteiger partial charge on any atom is -0.497 e. The van der Waals surface area contributed by atoms with Crippen LogP contribution in [0.2, 0.25) is 0 Å². The second-order valence-electron chi connectivity index (χ2n) is 14.3. The van der Waals surface area contributed by atoms with E-state index in [-0.39, 0.29) is 18.8 Å². The van der Waals surface area contributed by atoms with Crippen LogP contribution in [-0.4, -0.2) is 51.3 Å². The summed E-state index contributed by atoms with van der Waals surface area (Å²) in [4.78, 5) is 51.1. The van der Waals surface area contributed by atoms with Gasteiger partial charge in [0.25, 0.3) is 0 Å². The van der Waals surface area contributed by atoms with Crippen molar-refractivity contribution in [1.29, 1.82) is 0 Å². The maximum Gasteiger partial charge on any atom is 0.343 e. The van der Waals surface area contributed by atoms with Crippen molar-refractivity contribution in [3.8, 4) is 45.6 Å². The van der Waals surface area contributed by atoms with Crippen molar-refractivity contribution < 1.29 is 52.3 Å². The van der Waals surface area contributed by atoms with E-state index in [4.69, 9.17) is 33.2 Å². The number of hydrogen-bond donors (Lipinski definition) is 0. The van der Waals surface area contributed by atoms with Crippen molar-refractivity contribution in [2.75, 3.05) is 27.4 Å². The molecule has 0 spiro atoms. The molecule has 2 unspecified atom stereocenters. The Hall–Kier alpha value is -6.88. The molecule has 0 radical (unpaired) electrons. The first-order chi connectivity index (χ1) is 29.0. The van der Waals surface area contributed by atoms with Gasteiger partial charge in [0, 0.05) is 6.08 Å². The van der Waals surface area contributed by atoms with E-state index in [0.717, 1.165) is 22.4 Å². The lowest BCUT2D eigenvalue weighted by atomic mass is 9.79. The second-order valence-corrected chi connectivity index (χ2v) is 14.3. The van der Waals surface area contributed by atoms with Gasteiger partial charge in [-0.1, -0.05) is 50.2 Å². The molecular formula is C49H50O11. The van der Waals surface area contributed by atoms with Crippen LogP contribution in [-0.2, 0) is 19.1 Å². The van der Waals surface area contributed by atoms with Crippen LogP contribution in [0.15, 0.2) is 127 Å². The number of unbranched alkanes of at least 4 members (excludes halogenated alkanes) is 1. The van der Waals surface area contributed by atoms with Gasteiger partial charge in [-0.25, -0.2) is 9.59 Å². The fourth-order valence-corrected chi connectivity index (χ4v) is 6.03. The number of carbonyl (C=O) groups is 4. The van der Waals surface area contributed by atoms with Crippen molar-refractivity contribution in [3.05, 3.63) is 139 Å². The molecule has 0 aromatic heterocycles. The number of carbonyl (C=O) groups excluding carboxylic acids is 4. The maximum atomic E-state index is 13.3. The standard InChI is InChI=1S/C49H50O11/c1-6-49(3,48(53)60-44-28-26-42(27-29-44)58-45(50)30-11-35-9-18-39(54-4)19-10-35)33-34(2)46(51)57-32-8-7-31-56-41-22-16-38(17-23-41)47(52)59-43-24-14-37(15-25-43)36-12-20-40(55-5)21-13-36/h9-30,34H,6-8,31-33H2,1-5H3/b30-11+. The summed E-state index contributed by atoms with van der Waals surface area (Å²) in [6.07, 6.45) is 4.85. The highest BCUT2D eigenvalue weighted by Gasteiger charge is 2.37. The molecule has 60 heavy (non-hydrogen) atoms. The van der Waals surface area contributed by atoms with Gasteiger partial charge < -0.3 is 33.2 Å². The van der Waals surface area contributed by atoms with E-state index in [1.165, 1.54) is 18.2 Å². The third-order valence-electron chi connectivity index (χ3n) is 9.84. The summed E-state index contributed by atoms with van der Waals surface area (Å²) in [7, 11) is 3.21. The maximum absolute atomic E-state index is 13.3. The molecular weight excluding hydrogens is 765 g/mol. The van der Waals surface area contributed by atoms with Gasteiger partial charge in [-0.15, -0.1) is 0 Å². The molecule has 0 N–H and O–H groups in total. The lowest BCUT2D eigenvalue weighted by Gasteiger charge is -2.28. The van der Waals surface area contributed by atoms with Gasteiger partial charge in [-0.3, -0.25) is 9.59 Å². The Morgan fingerprint density at radius 2 is 1.08 bits per heavy atom. The van der Waals surface area contributed by atoms with E-state index >= 15 is 0 Å². The quantitative estimate of drug-likeness (QED) is 0.0322. The molecule has 0 fully saturated rings. The molecule has 0 amide bonds. The first-order valence-corrected chi connectivity index (χ1v) is 19.7. The van der Waals surface area contributed by atoms with E-state index in [0.29, 0.717) is 54.4 Å². The van der Waals surface area contributed by atoms with Gasteiger partial charge in [0.2, 0.25) is 0 Å². The van der Waals surface area contributed by atoms with Crippen LogP contribution < -0.4 is 28.4 Å². The van der Waals surface area contributed by atoms with Crippen LogP contribution in [0.1, 0.15) is 62.4 Å². The molecule has 0 aliphatic carbocycles. The van der Waals surface area contributed by atoms with Crippen molar-refractivity contribution in [2.45, 2.75) is 46.5 Å². The molecule has 0 saturated heterocycles. The smallest absolute Gasteiger partial charge is 0.343 e. The average molecular weight is 815 g/mol. The topological polar surface area (TPSA) is 133 Å². The summed E-state index contributed by atoms with van der Waals surface area (Å²) in [5.41, 5.74) is 2.26. The van der Waals surface area contributed by atoms with E-state index in [1.54, 1.807) is 94.8 Å². The normalized spacial score (nSPS) is 12.4. The minimum atomic E-state index is -0.945. The molecule has 5 rings (SSSR count). The first kappa shape index (κ1) is 44.2. The van der Waals surface area contributed by atoms with Crippen LogP contribution in [0.3, 0.4) is 0 Å². The first-order valence-electron chi connectivity index (χ1n) is 19.7. The molecule has 5 aromatic rings. The number of esters is 4. The molecule has 2 atom stereocenters. The number of benzene rings is 5. The predicted molar refractivity (Wildman–Crippen MR) is 227 cm³/mol. The Balaban J connectivity index is 0.971. The lowest BCUT2D eigenvalue weighted by molar-refractivity contribution is -0.152. The highest BCUT2D eigenvalue weighted by atomic mass is 16.5. The number of hydrogen-bond acceptors (Lipinski definition) is 11. The highest BCUT2D eigenvalue weighted by molar-refractivity contribution is 5.91. The lowest BCUT2D eigenvalue weighted by Crippen LogP contribution is -2.35. The zero-order chi connectivity index (χ0) is 42.9. The molecule has 0 aliphatic heterocycles. The van der Waals surface area contributed by atoms with Crippen LogP contribution in [0.4, 0.5) is 0 Å². The largest absolute Gasteiger partial charge is 0.497 e. The summed E-state index contributed by atoms with van der Waals surface area (Å²) < 4.78 is 38.3. The van der Waals surface area contributed by atoms with E-state index in [1.807, 2.05) is 55.5 Å². The van der Waals surface area contributed by atoms with Crippen LogP contribution in [0.5, 0.6) is 34.5 Å². The van der Waals surface area contributed by atoms with Gasteiger partial charge >= 0.3 is 23.9 Å². The summed E-state index contributed by atoms with van der Waals surface area (Å²) in [6.45, 7) is 5.96. The Morgan fingerprint density at radius 1 is 0.600 bits per heavy atom. The summed E-state index contributed by atoms with van der Waals surface area (Å²) in [5.74, 6) is 0.648. The molecule has 11 nitrogen and oxygen atoms in total. The SMILES string of the molecule is CCC(C)(CC(C)C(=O)OCCCCOc1ccc(C(=O)Oc2ccc(-c3ccc(OC)cc3)cc2)cc1)C(=O)Oc1ccc(OC(=O)/C=C/c2ccc(OC)cc2)cc1. The number of ether oxygens (including phenoxy) is 7. The van der Waals surface area contributed by atoms with Crippen molar-refractivity contribution in [2.24, 2.45) is 11.3 Å². The van der Waals surface area contributed by atoms with Gasteiger partial charge in [-0.2, -0.15) is 0 Å². The van der Waals surface area contributed by atoms with Gasteiger partial charge in [0.05, 0.1) is 44.3 Å². The van der Waals surface area contributed by atoms with Crippen molar-refractivity contribution in [1.82, 2.24) is 0 Å². The molecule has 0 bridgehead atoms. The van der Waals surface area contributed by atoms with Gasteiger partial charge in [0.1, 0.15) is 34.5 Å². The van der Waals surface area contributed by atoms with Crippen molar-refractivity contribution >= 4 is 30.0 Å².